The van der Waals surface area contributed by atoms with Crippen molar-refractivity contribution < 1.29 is 39.2 Å². The number of hydrogen-bond donors (Lipinski definition) is 4. The van der Waals surface area contributed by atoms with Crippen LogP contribution < -0.4 is 10.2 Å². The molecule has 1 saturated heterocycles. The zero-order chi connectivity index (χ0) is 30.8. The molecule has 0 bridgehead atoms. The normalized spacial score (nSPS) is 23.5. The third kappa shape index (κ3) is 6.37. The van der Waals surface area contributed by atoms with Gasteiger partial charge in [-0.25, -0.2) is 19.4 Å². The maximum atomic E-state index is 14.1. The van der Waals surface area contributed by atoms with E-state index in [9.17, 15) is 34.5 Å². The largest absolute Gasteiger partial charge is 0.478 e. The van der Waals surface area contributed by atoms with E-state index in [2.05, 4.69) is 24.8 Å². The van der Waals surface area contributed by atoms with Crippen molar-refractivity contribution in [3.8, 4) is 0 Å². The Bertz CT molecular complexity index is 1410. The number of hydrogen-bond acceptors (Lipinski definition) is 9. The van der Waals surface area contributed by atoms with Crippen molar-refractivity contribution >= 4 is 57.8 Å². The van der Waals surface area contributed by atoms with E-state index < -0.39 is 34.9 Å². The van der Waals surface area contributed by atoms with Crippen molar-refractivity contribution in [3.05, 3.63) is 29.1 Å². The summed E-state index contributed by atoms with van der Waals surface area (Å²) in [7, 11) is 1.27. The zero-order valence-electron chi connectivity index (χ0n) is 23.8. The van der Waals surface area contributed by atoms with Crippen molar-refractivity contribution in [2.75, 3.05) is 44.8 Å². The number of benzene rings is 1. The molecule has 1 aliphatic carbocycles. The van der Waals surface area contributed by atoms with Gasteiger partial charge in [-0.05, 0) is 44.7 Å². The maximum absolute atomic E-state index is 14.1. The highest BCUT2D eigenvalue weighted by atomic mass is 35.5. The minimum atomic E-state index is -1.54. The topological polar surface area (TPSA) is 175 Å². The quantitative estimate of drug-likeness (QED) is 0.244. The number of carboxylic acids is 2. The molecule has 1 aromatic heterocycles. The molecule has 13 nitrogen and oxygen atoms in total. The molecule has 2 fully saturated rings. The second-order valence-corrected chi connectivity index (χ2v) is 11.5. The van der Waals surface area contributed by atoms with Gasteiger partial charge in [0.1, 0.15) is 5.70 Å². The van der Waals surface area contributed by atoms with Crippen molar-refractivity contribution in [1.29, 1.82) is 0 Å². The summed E-state index contributed by atoms with van der Waals surface area (Å²) in [5.74, 6) is -3.66. The van der Waals surface area contributed by atoms with E-state index in [1.54, 1.807) is 19.1 Å². The number of nitrogens with zero attached hydrogens (tertiary/aromatic N) is 4. The molecule has 42 heavy (non-hydrogen) atoms. The summed E-state index contributed by atoms with van der Waals surface area (Å²) < 4.78 is 5.77. The number of alkyl carbamates (subject to hydrolysis) is 1. The SMILES string of the molecule is COC(=O)NC1CCC(C)(C(=O)c2nc3cc(Cl)c(N4CCN(CCO)C[C@@H]4C)cc3n2/C(=C\C(=O)O)C(=O)O)CC1. The Morgan fingerprint density at radius 2 is 1.88 bits per heavy atom. The number of nitrogens with one attached hydrogen (secondary N) is 1. The Morgan fingerprint density at radius 1 is 1.19 bits per heavy atom. The Hall–Kier alpha value is -3.68. The van der Waals surface area contributed by atoms with Gasteiger partial charge in [-0.15, -0.1) is 0 Å². The van der Waals surface area contributed by atoms with Crippen LogP contribution in [0.2, 0.25) is 5.02 Å². The number of imidazole rings is 1. The van der Waals surface area contributed by atoms with Crippen LogP contribution in [0.5, 0.6) is 0 Å². The number of ketones is 1. The van der Waals surface area contributed by atoms with Crippen LogP contribution in [0, 0.1) is 5.41 Å². The van der Waals surface area contributed by atoms with Crippen LogP contribution in [0.1, 0.15) is 50.1 Å². The number of methoxy groups -OCH3 is 1. The van der Waals surface area contributed by atoms with E-state index in [1.165, 1.54) is 7.11 Å². The number of ether oxygens (including phenoxy) is 1. The third-order valence-electron chi connectivity index (χ3n) is 8.23. The molecule has 228 valence electrons. The Kier molecular flexibility index (Phi) is 9.43. The number of piperazine rings is 1. The zero-order valence-corrected chi connectivity index (χ0v) is 24.6. The number of aliphatic hydroxyl groups is 1. The fraction of sp³-hybridized carbons (Fsp3) is 0.536. The number of rotatable bonds is 9. The first-order valence-electron chi connectivity index (χ1n) is 13.8. The van der Waals surface area contributed by atoms with Gasteiger partial charge >= 0.3 is 18.0 Å². The second kappa shape index (κ2) is 12.7. The van der Waals surface area contributed by atoms with Gasteiger partial charge in [0.15, 0.2) is 5.82 Å². The van der Waals surface area contributed by atoms with Gasteiger partial charge in [0.25, 0.3) is 0 Å². The van der Waals surface area contributed by atoms with Gasteiger partial charge < -0.3 is 30.3 Å². The molecular weight excluding hydrogens is 570 g/mol. The lowest BCUT2D eigenvalue weighted by Gasteiger charge is -2.41. The molecule has 1 aromatic carbocycles. The fourth-order valence-corrected chi connectivity index (χ4v) is 6.17. The van der Waals surface area contributed by atoms with Crippen LogP contribution in [0.4, 0.5) is 10.5 Å². The predicted octanol–water partition coefficient (Wildman–Crippen LogP) is 2.69. The molecule has 2 aliphatic rings. The number of anilines is 1. The standard InChI is InChI=1S/C28H36ClN5O8/c1-16-15-32(10-11-35)8-9-33(16)20-13-21-19(12-18(20)29)31-25(34(21)22(26(39)40)14-23(36)37)24(38)28(2)6-4-17(5-7-28)30-27(41)42-3/h12-14,16-17,35H,4-11,15H2,1-3H3,(H,30,41)(H,36,37)(H,39,40)/b22-14-/t16-,17?,28?/m0/s1. The molecule has 2 heterocycles. The lowest BCUT2D eigenvalue weighted by molar-refractivity contribution is -0.133. The molecule has 14 heteroatoms. The van der Waals surface area contributed by atoms with E-state index >= 15 is 0 Å². The van der Waals surface area contributed by atoms with Gasteiger partial charge in [0.05, 0.1) is 41.5 Å². The number of carbonyl (C=O) groups is 4. The second-order valence-electron chi connectivity index (χ2n) is 11.1. The Morgan fingerprint density at radius 3 is 2.45 bits per heavy atom. The van der Waals surface area contributed by atoms with Crippen molar-refractivity contribution in [1.82, 2.24) is 19.8 Å². The number of aliphatic hydroxyl groups excluding tert-OH is 1. The number of fused-ring (bicyclic) bond motifs is 1. The van der Waals surface area contributed by atoms with Gasteiger partial charge in [0, 0.05) is 43.7 Å². The summed E-state index contributed by atoms with van der Waals surface area (Å²) in [5.41, 5.74) is -0.485. The molecule has 2 aromatic rings. The summed E-state index contributed by atoms with van der Waals surface area (Å²) in [4.78, 5) is 58.5. The summed E-state index contributed by atoms with van der Waals surface area (Å²) in [6.07, 6.45) is 1.74. The average Bonchev–Trinajstić information content (AvgIpc) is 3.29. The number of carboxylic acid groups (broad SMARTS) is 2. The average molecular weight is 606 g/mol. The van der Waals surface area contributed by atoms with Crippen LogP contribution in [0.15, 0.2) is 18.2 Å². The molecule has 1 amide bonds. The summed E-state index contributed by atoms with van der Waals surface area (Å²) in [6.45, 7) is 6.29. The number of aromatic nitrogens is 2. The molecule has 0 radical (unpaired) electrons. The van der Waals surface area contributed by atoms with Crippen LogP contribution in [0.3, 0.4) is 0 Å². The number of amides is 1. The predicted molar refractivity (Wildman–Crippen MR) is 155 cm³/mol. The van der Waals surface area contributed by atoms with Crippen LogP contribution >= 0.6 is 11.6 Å². The first-order valence-corrected chi connectivity index (χ1v) is 14.2. The maximum Gasteiger partial charge on any atom is 0.407 e. The Balaban J connectivity index is 1.79. The molecule has 0 unspecified atom stereocenters. The first kappa shape index (κ1) is 31.3. The number of β-amino-alcohol motifs (C(OH)–C–C–N with tert-alkyl or cyclic N) is 1. The molecule has 1 saturated carbocycles. The van der Waals surface area contributed by atoms with Crippen LogP contribution in [-0.4, -0.2) is 106 Å². The number of carbonyl (C=O) groups excluding carboxylic acids is 2. The van der Waals surface area contributed by atoms with E-state index in [4.69, 9.17) is 11.6 Å². The highest BCUT2D eigenvalue weighted by Gasteiger charge is 2.41. The summed E-state index contributed by atoms with van der Waals surface area (Å²) in [5, 5.41) is 32.0. The number of halogens is 1. The Labute approximate surface area is 247 Å². The molecule has 0 spiro atoms. The van der Waals surface area contributed by atoms with Crippen LogP contribution in [-0.2, 0) is 14.3 Å². The van der Waals surface area contributed by atoms with E-state index in [-0.39, 0.29) is 35.5 Å². The lowest BCUT2D eigenvalue weighted by Crippen LogP contribution is -2.52. The molecular formula is C28H36ClN5O8. The minimum Gasteiger partial charge on any atom is -0.478 e. The first-order chi connectivity index (χ1) is 19.9. The smallest absolute Gasteiger partial charge is 0.407 e. The summed E-state index contributed by atoms with van der Waals surface area (Å²) in [6, 6.07) is 3.03. The van der Waals surface area contributed by atoms with Crippen molar-refractivity contribution in [2.24, 2.45) is 5.41 Å². The number of aliphatic carboxylic acids is 2. The highest BCUT2D eigenvalue weighted by molar-refractivity contribution is 6.34. The van der Waals surface area contributed by atoms with Crippen molar-refractivity contribution in [2.45, 2.75) is 51.6 Å². The monoisotopic (exact) mass is 605 g/mol. The number of Topliss-reactive ketones (excluding diaryl/α,β-unsaturated/α-hetero) is 1. The van der Waals surface area contributed by atoms with Gasteiger partial charge in [-0.2, -0.15) is 0 Å². The van der Waals surface area contributed by atoms with E-state index in [1.807, 2.05) is 6.92 Å². The van der Waals surface area contributed by atoms with Gasteiger partial charge in [-0.1, -0.05) is 18.5 Å². The molecule has 4 N–H and O–H groups in total. The van der Waals surface area contributed by atoms with Crippen LogP contribution in [0.25, 0.3) is 16.7 Å². The molecule has 1 aliphatic heterocycles. The lowest BCUT2D eigenvalue weighted by atomic mass is 9.71. The van der Waals surface area contributed by atoms with Gasteiger partial charge in [0.2, 0.25) is 5.78 Å². The summed E-state index contributed by atoms with van der Waals surface area (Å²) >= 11 is 6.71. The third-order valence-corrected chi connectivity index (χ3v) is 8.53. The van der Waals surface area contributed by atoms with Gasteiger partial charge in [-0.3, -0.25) is 14.3 Å². The molecule has 1 atom stereocenters. The van der Waals surface area contributed by atoms with E-state index in [0.717, 1.165) is 4.57 Å². The minimum absolute atomic E-state index is 0.000996. The highest BCUT2D eigenvalue weighted by Crippen LogP contribution is 2.41. The fourth-order valence-electron chi connectivity index (χ4n) is 5.90. The molecule has 4 rings (SSSR count). The van der Waals surface area contributed by atoms with E-state index in [0.29, 0.717) is 68.6 Å². The van der Waals surface area contributed by atoms with Crippen molar-refractivity contribution in [3.63, 3.8) is 0 Å².